The minimum Gasteiger partial charge on any atom is -0.369 e. The molecule has 1 aliphatic rings. The summed E-state index contributed by atoms with van der Waals surface area (Å²) in [6.45, 7) is 6.47. The van der Waals surface area contributed by atoms with Gasteiger partial charge < -0.3 is 5.32 Å². The molecule has 0 atom stereocenters. The molecule has 0 unspecified atom stereocenters. The Morgan fingerprint density at radius 2 is 1.79 bits per heavy atom. The molecule has 106 valence electrons. The molecule has 0 radical (unpaired) electrons. The van der Waals surface area contributed by atoms with Crippen molar-refractivity contribution >= 4 is 5.82 Å². The van der Waals surface area contributed by atoms with Crippen LogP contribution in [-0.4, -0.2) is 34.5 Å². The molecule has 1 aromatic heterocycles. The van der Waals surface area contributed by atoms with E-state index in [2.05, 4.69) is 27.1 Å². The Bertz CT molecular complexity index is 342. The molecule has 19 heavy (non-hydrogen) atoms. The number of nitrogens with one attached hydrogen (secondary N) is 1. The van der Waals surface area contributed by atoms with Crippen LogP contribution in [0, 0.1) is 0 Å². The Hall–Kier alpha value is -1.16. The summed E-state index contributed by atoms with van der Waals surface area (Å²) in [4.78, 5) is 11.5. The van der Waals surface area contributed by atoms with E-state index in [1.165, 1.54) is 45.2 Å². The fourth-order valence-corrected chi connectivity index (χ4v) is 2.48. The van der Waals surface area contributed by atoms with Gasteiger partial charge >= 0.3 is 0 Å². The molecule has 1 fully saturated rings. The van der Waals surface area contributed by atoms with Gasteiger partial charge in [-0.25, -0.2) is 4.98 Å². The van der Waals surface area contributed by atoms with E-state index in [9.17, 15) is 0 Å². The lowest BCUT2D eigenvalue weighted by Gasteiger charge is -2.23. The molecule has 0 aromatic carbocycles. The molecule has 4 nitrogen and oxygen atoms in total. The zero-order valence-electron chi connectivity index (χ0n) is 12.1. The van der Waals surface area contributed by atoms with Gasteiger partial charge in [0.15, 0.2) is 0 Å². The highest BCUT2D eigenvalue weighted by Gasteiger charge is 2.09. The lowest BCUT2D eigenvalue weighted by molar-refractivity contribution is 0.237. The van der Waals surface area contributed by atoms with Gasteiger partial charge in [0.05, 0.1) is 18.1 Å². The van der Waals surface area contributed by atoms with Crippen molar-refractivity contribution in [2.45, 2.75) is 52.0 Å². The van der Waals surface area contributed by atoms with Crippen LogP contribution in [0.15, 0.2) is 12.4 Å². The largest absolute Gasteiger partial charge is 0.369 e. The lowest BCUT2D eigenvalue weighted by atomic mass is 10.1. The highest BCUT2D eigenvalue weighted by molar-refractivity contribution is 5.30. The SMILES string of the molecule is CCCNc1cnc(CN2CCCCCCC2)cn1. The van der Waals surface area contributed by atoms with E-state index in [4.69, 9.17) is 0 Å². The molecular weight excluding hydrogens is 236 g/mol. The van der Waals surface area contributed by atoms with Crippen LogP contribution in [0.25, 0.3) is 0 Å². The summed E-state index contributed by atoms with van der Waals surface area (Å²) < 4.78 is 0. The molecule has 0 saturated carbocycles. The molecule has 0 amide bonds. The van der Waals surface area contributed by atoms with Gasteiger partial charge in [-0.15, -0.1) is 0 Å². The zero-order chi connectivity index (χ0) is 13.3. The Kier molecular flexibility index (Phi) is 6.08. The molecular formula is C15H26N4. The summed E-state index contributed by atoms with van der Waals surface area (Å²) in [6.07, 6.45) is 11.7. The number of rotatable bonds is 5. The first kappa shape index (κ1) is 14.3. The first-order valence-electron chi connectivity index (χ1n) is 7.65. The van der Waals surface area contributed by atoms with Crippen LogP contribution in [0.3, 0.4) is 0 Å². The fourth-order valence-electron chi connectivity index (χ4n) is 2.48. The maximum Gasteiger partial charge on any atom is 0.144 e. The van der Waals surface area contributed by atoms with Crippen molar-refractivity contribution in [2.24, 2.45) is 0 Å². The van der Waals surface area contributed by atoms with Crippen LogP contribution in [0.1, 0.15) is 51.1 Å². The summed E-state index contributed by atoms with van der Waals surface area (Å²) in [6, 6.07) is 0. The summed E-state index contributed by atoms with van der Waals surface area (Å²) in [5.41, 5.74) is 1.09. The van der Waals surface area contributed by atoms with Crippen LogP contribution in [-0.2, 0) is 6.54 Å². The summed E-state index contributed by atoms with van der Waals surface area (Å²) in [7, 11) is 0. The van der Waals surface area contributed by atoms with E-state index in [0.717, 1.165) is 31.0 Å². The fraction of sp³-hybridized carbons (Fsp3) is 0.733. The van der Waals surface area contributed by atoms with E-state index in [1.54, 1.807) is 0 Å². The predicted molar refractivity (Wildman–Crippen MR) is 79.2 cm³/mol. The highest BCUT2D eigenvalue weighted by Crippen LogP contribution is 2.12. The van der Waals surface area contributed by atoms with Crippen LogP contribution in [0.5, 0.6) is 0 Å². The van der Waals surface area contributed by atoms with Crippen LogP contribution < -0.4 is 5.32 Å². The number of likely N-dealkylation sites (tertiary alicyclic amines) is 1. The van der Waals surface area contributed by atoms with Gasteiger partial charge in [0.1, 0.15) is 5.82 Å². The molecule has 1 aliphatic heterocycles. The van der Waals surface area contributed by atoms with Gasteiger partial charge in [-0.1, -0.05) is 26.2 Å². The topological polar surface area (TPSA) is 41.1 Å². The molecule has 0 aliphatic carbocycles. The lowest BCUT2D eigenvalue weighted by Crippen LogP contribution is -2.27. The third-order valence-corrected chi connectivity index (χ3v) is 3.60. The van der Waals surface area contributed by atoms with Crippen molar-refractivity contribution in [3.63, 3.8) is 0 Å². The summed E-state index contributed by atoms with van der Waals surface area (Å²) in [5, 5.41) is 3.26. The van der Waals surface area contributed by atoms with E-state index < -0.39 is 0 Å². The van der Waals surface area contributed by atoms with Gasteiger partial charge in [0, 0.05) is 13.1 Å². The summed E-state index contributed by atoms with van der Waals surface area (Å²) in [5.74, 6) is 0.887. The van der Waals surface area contributed by atoms with Gasteiger partial charge in [-0.3, -0.25) is 9.88 Å². The number of nitrogens with zero attached hydrogens (tertiary/aromatic N) is 3. The van der Waals surface area contributed by atoms with Crippen molar-refractivity contribution in [1.82, 2.24) is 14.9 Å². The van der Waals surface area contributed by atoms with E-state index in [1.807, 2.05) is 12.4 Å². The first-order chi connectivity index (χ1) is 9.38. The molecule has 0 bridgehead atoms. The molecule has 0 spiro atoms. The Balaban J connectivity index is 1.83. The smallest absolute Gasteiger partial charge is 0.144 e. The van der Waals surface area contributed by atoms with Gasteiger partial charge in [0.2, 0.25) is 0 Å². The van der Waals surface area contributed by atoms with E-state index in [0.29, 0.717) is 0 Å². The van der Waals surface area contributed by atoms with Crippen molar-refractivity contribution in [3.05, 3.63) is 18.1 Å². The normalized spacial score (nSPS) is 17.7. The monoisotopic (exact) mass is 262 g/mol. The van der Waals surface area contributed by atoms with E-state index >= 15 is 0 Å². The standard InChI is InChI=1S/C15H26N4/c1-2-8-16-15-12-17-14(11-18-15)13-19-9-6-4-3-5-7-10-19/h11-12H,2-10,13H2,1H3,(H,16,18). The average Bonchev–Trinajstić information content (AvgIpc) is 2.41. The van der Waals surface area contributed by atoms with Crippen LogP contribution in [0.4, 0.5) is 5.82 Å². The van der Waals surface area contributed by atoms with Crippen LogP contribution in [0.2, 0.25) is 0 Å². The van der Waals surface area contributed by atoms with Crippen molar-refractivity contribution in [3.8, 4) is 0 Å². The van der Waals surface area contributed by atoms with Crippen molar-refractivity contribution in [2.75, 3.05) is 25.0 Å². The second-order valence-electron chi connectivity index (χ2n) is 5.36. The van der Waals surface area contributed by atoms with Crippen LogP contribution >= 0.6 is 0 Å². The minimum atomic E-state index is 0.887. The van der Waals surface area contributed by atoms with Gasteiger partial charge in [-0.05, 0) is 32.4 Å². The quantitative estimate of drug-likeness (QED) is 0.885. The predicted octanol–water partition coefficient (Wildman–Crippen LogP) is 3.06. The summed E-state index contributed by atoms with van der Waals surface area (Å²) >= 11 is 0. The molecule has 4 heteroatoms. The molecule has 1 N–H and O–H groups in total. The molecule has 2 rings (SSSR count). The Labute approximate surface area is 116 Å². The van der Waals surface area contributed by atoms with Gasteiger partial charge in [0.25, 0.3) is 0 Å². The maximum absolute atomic E-state index is 4.51. The Morgan fingerprint density at radius 3 is 2.42 bits per heavy atom. The molecule has 2 heterocycles. The maximum atomic E-state index is 4.51. The van der Waals surface area contributed by atoms with Gasteiger partial charge in [-0.2, -0.15) is 0 Å². The molecule has 1 saturated heterocycles. The first-order valence-corrected chi connectivity index (χ1v) is 7.65. The highest BCUT2D eigenvalue weighted by atomic mass is 15.1. The average molecular weight is 262 g/mol. The molecule has 1 aromatic rings. The second kappa shape index (κ2) is 8.10. The number of anilines is 1. The third kappa shape index (κ3) is 5.15. The number of aromatic nitrogens is 2. The zero-order valence-corrected chi connectivity index (χ0v) is 12.1. The Morgan fingerprint density at radius 1 is 1.05 bits per heavy atom. The number of hydrogen-bond acceptors (Lipinski definition) is 4. The van der Waals surface area contributed by atoms with Crippen molar-refractivity contribution in [1.29, 1.82) is 0 Å². The van der Waals surface area contributed by atoms with Crippen molar-refractivity contribution < 1.29 is 0 Å². The van der Waals surface area contributed by atoms with E-state index in [-0.39, 0.29) is 0 Å². The second-order valence-corrected chi connectivity index (χ2v) is 5.36. The third-order valence-electron chi connectivity index (χ3n) is 3.60. The minimum absolute atomic E-state index is 0.887. The number of hydrogen-bond donors (Lipinski definition) is 1.